The maximum absolute atomic E-state index is 10.1. The van der Waals surface area contributed by atoms with E-state index in [1.807, 2.05) is 0 Å². The summed E-state index contributed by atoms with van der Waals surface area (Å²) in [6.45, 7) is 1.77. The largest absolute Gasteiger partial charge is 0.465 e. The predicted octanol–water partition coefficient (Wildman–Crippen LogP) is 1.01. The van der Waals surface area contributed by atoms with Gasteiger partial charge in [-0.25, -0.2) is 4.79 Å². The molecule has 0 saturated heterocycles. The highest BCUT2D eigenvalue weighted by Crippen LogP contribution is 2.05. The summed E-state index contributed by atoms with van der Waals surface area (Å²) in [4.78, 5) is 9.88. The Morgan fingerprint density at radius 1 is 1.89 bits per heavy atom. The number of hydrogen-bond acceptors (Lipinski definition) is 2. The van der Waals surface area contributed by atoms with Crippen molar-refractivity contribution in [3.63, 3.8) is 0 Å². The number of carboxylic acid groups (broad SMARTS) is 1. The van der Waals surface area contributed by atoms with Gasteiger partial charge >= 0.3 is 14.6 Å². The number of rotatable bonds is 3. The lowest BCUT2D eigenvalue weighted by atomic mass is 10.5. The molecule has 0 heterocycles. The molecule has 0 spiro atoms. The zero-order chi connectivity index (χ0) is 7.28. The van der Waals surface area contributed by atoms with Crippen molar-refractivity contribution in [2.45, 2.75) is 19.1 Å². The zero-order valence-electron chi connectivity index (χ0n) is 5.05. The summed E-state index contributed by atoms with van der Waals surface area (Å²) >= 11 is 0. The van der Waals surface area contributed by atoms with Gasteiger partial charge in [0.2, 0.25) is 5.78 Å². The Bertz CT molecular complexity index is 116. The maximum atomic E-state index is 10.1. The van der Waals surface area contributed by atoms with Crippen LogP contribution in [0.1, 0.15) is 13.3 Å². The first kappa shape index (κ1) is 8.37. The molecule has 9 heavy (non-hydrogen) atoms. The Labute approximate surface area is 54.5 Å². The standard InChI is InChI=1S/C4H8NO3P/c1-2-3(9-8)5-4(6)7/h3,5H,2H2,1H3,(H,6,7)/p+1. The van der Waals surface area contributed by atoms with E-state index in [-0.39, 0.29) is 0 Å². The minimum Gasteiger partial charge on any atom is -0.465 e. The molecule has 0 bridgehead atoms. The third kappa shape index (κ3) is 3.91. The minimum absolute atomic E-state index is 0.400. The Morgan fingerprint density at radius 3 is 2.56 bits per heavy atom. The van der Waals surface area contributed by atoms with Crippen molar-refractivity contribution in [3.05, 3.63) is 0 Å². The number of carbonyl (C=O) groups is 1. The summed E-state index contributed by atoms with van der Waals surface area (Å²) < 4.78 is 10.1. The zero-order valence-corrected chi connectivity index (χ0v) is 6.05. The molecule has 0 aromatic carbocycles. The van der Waals surface area contributed by atoms with E-state index in [1.54, 1.807) is 6.92 Å². The van der Waals surface area contributed by atoms with Crippen molar-refractivity contribution >= 4 is 14.6 Å². The fourth-order valence-corrected chi connectivity index (χ4v) is 0.713. The molecule has 0 saturated carbocycles. The van der Waals surface area contributed by atoms with E-state index in [4.69, 9.17) is 5.11 Å². The Morgan fingerprint density at radius 2 is 2.44 bits per heavy atom. The van der Waals surface area contributed by atoms with Crippen LogP contribution in [0, 0.1) is 0 Å². The van der Waals surface area contributed by atoms with Gasteiger partial charge in [0, 0.05) is 6.42 Å². The third-order valence-electron chi connectivity index (χ3n) is 0.848. The molecular formula is C4H9NO3P+. The van der Waals surface area contributed by atoms with Crippen molar-refractivity contribution in [1.82, 2.24) is 5.32 Å². The molecule has 0 rings (SSSR count). The summed E-state index contributed by atoms with van der Waals surface area (Å²) in [5.41, 5.74) is 0. The lowest BCUT2D eigenvalue weighted by molar-refractivity contribution is 0.193. The molecule has 1 amide bonds. The summed E-state index contributed by atoms with van der Waals surface area (Å²) in [6.07, 6.45) is -0.556. The van der Waals surface area contributed by atoms with E-state index in [0.717, 1.165) is 0 Å². The molecule has 0 aliphatic carbocycles. The summed E-state index contributed by atoms with van der Waals surface area (Å²) in [5.74, 6) is -0.400. The van der Waals surface area contributed by atoms with Crippen molar-refractivity contribution in [1.29, 1.82) is 0 Å². The van der Waals surface area contributed by atoms with Crippen LogP contribution in [-0.2, 0) is 4.57 Å². The summed E-state index contributed by atoms with van der Waals surface area (Å²) in [6, 6.07) is 0. The molecule has 2 N–H and O–H groups in total. The average molecular weight is 150 g/mol. The van der Waals surface area contributed by atoms with Gasteiger partial charge in [0.25, 0.3) is 0 Å². The van der Waals surface area contributed by atoms with Gasteiger partial charge in [0.1, 0.15) is 0 Å². The molecule has 4 nitrogen and oxygen atoms in total. The first-order valence-electron chi connectivity index (χ1n) is 2.57. The van der Waals surface area contributed by atoms with Crippen LogP contribution in [-0.4, -0.2) is 17.0 Å². The van der Waals surface area contributed by atoms with Crippen molar-refractivity contribution in [2.24, 2.45) is 0 Å². The van der Waals surface area contributed by atoms with E-state index in [2.05, 4.69) is 5.32 Å². The molecule has 2 atom stereocenters. The highest BCUT2D eigenvalue weighted by Gasteiger charge is 2.13. The van der Waals surface area contributed by atoms with Crippen LogP contribution < -0.4 is 5.32 Å². The van der Waals surface area contributed by atoms with Gasteiger partial charge in [-0.05, 0) is 0 Å². The number of hydrogen-bond donors (Lipinski definition) is 2. The van der Waals surface area contributed by atoms with Gasteiger partial charge < -0.3 is 5.11 Å². The van der Waals surface area contributed by atoms with E-state index in [1.165, 1.54) is 0 Å². The smallest absolute Gasteiger partial charge is 0.408 e. The lowest BCUT2D eigenvalue weighted by Crippen LogP contribution is -2.28. The molecule has 0 radical (unpaired) electrons. The first-order valence-corrected chi connectivity index (χ1v) is 3.56. The quantitative estimate of drug-likeness (QED) is 0.590. The molecule has 0 aromatic rings. The Hall–Kier alpha value is -0.630. The second-order valence-corrected chi connectivity index (χ2v) is 2.46. The monoisotopic (exact) mass is 150 g/mol. The maximum Gasteiger partial charge on any atom is 0.408 e. The van der Waals surface area contributed by atoms with E-state index >= 15 is 0 Å². The Balaban J connectivity index is 3.55. The lowest BCUT2D eigenvalue weighted by Gasteiger charge is -1.96. The fourth-order valence-electron chi connectivity index (χ4n) is 0.364. The number of amides is 1. The molecule has 0 aliphatic heterocycles. The van der Waals surface area contributed by atoms with Gasteiger partial charge in [-0.2, -0.15) is 0 Å². The van der Waals surface area contributed by atoms with Crippen molar-refractivity contribution < 1.29 is 14.5 Å². The molecule has 2 unspecified atom stereocenters. The van der Waals surface area contributed by atoms with Crippen LogP contribution in [0.2, 0.25) is 0 Å². The van der Waals surface area contributed by atoms with Crippen molar-refractivity contribution in [3.8, 4) is 0 Å². The topological polar surface area (TPSA) is 66.4 Å². The minimum atomic E-state index is -1.12. The third-order valence-corrected chi connectivity index (χ3v) is 1.69. The highest BCUT2D eigenvalue weighted by molar-refractivity contribution is 7.24. The Kier molecular flexibility index (Phi) is 3.97. The molecular weight excluding hydrogens is 141 g/mol. The fraction of sp³-hybridized carbons (Fsp3) is 0.750. The van der Waals surface area contributed by atoms with Crippen LogP contribution in [0.15, 0.2) is 0 Å². The molecule has 5 heteroatoms. The van der Waals surface area contributed by atoms with Crippen LogP contribution in [0.4, 0.5) is 4.79 Å². The van der Waals surface area contributed by atoms with Gasteiger partial charge in [-0.15, -0.1) is 0 Å². The second kappa shape index (κ2) is 4.27. The number of nitrogens with one attached hydrogen (secondary N) is 1. The van der Waals surface area contributed by atoms with E-state index < -0.39 is 20.3 Å². The van der Waals surface area contributed by atoms with Gasteiger partial charge in [0.15, 0.2) is 0 Å². The van der Waals surface area contributed by atoms with E-state index in [9.17, 15) is 9.36 Å². The van der Waals surface area contributed by atoms with Crippen LogP contribution >= 0.6 is 8.46 Å². The van der Waals surface area contributed by atoms with Crippen molar-refractivity contribution in [2.75, 3.05) is 0 Å². The first-order chi connectivity index (χ1) is 4.20. The van der Waals surface area contributed by atoms with Crippen LogP contribution in [0.3, 0.4) is 0 Å². The van der Waals surface area contributed by atoms with Gasteiger partial charge in [0.05, 0.1) is 0 Å². The molecule has 0 aromatic heterocycles. The predicted molar refractivity (Wildman–Crippen MR) is 34.2 cm³/mol. The summed E-state index contributed by atoms with van der Waals surface area (Å²) in [5, 5.41) is 10.2. The van der Waals surface area contributed by atoms with Crippen LogP contribution in [0.25, 0.3) is 0 Å². The highest BCUT2D eigenvalue weighted by atomic mass is 31.1. The molecule has 52 valence electrons. The SMILES string of the molecule is CCC(NC(=O)O)[PH+]=O. The molecule has 0 fully saturated rings. The average Bonchev–Trinajstić information content (AvgIpc) is 1.82. The van der Waals surface area contributed by atoms with Gasteiger partial charge in [-0.1, -0.05) is 11.5 Å². The molecule has 0 aliphatic rings. The van der Waals surface area contributed by atoms with E-state index in [0.29, 0.717) is 6.42 Å². The second-order valence-electron chi connectivity index (χ2n) is 1.53. The summed E-state index contributed by atoms with van der Waals surface area (Å²) in [7, 11) is -0.600. The van der Waals surface area contributed by atoms with Gasteiger partial charge in [-0.3, -0.25) is 5.32 Å². The van der Waals surface area contributed by atoms with Crippen LogP contribution in [0.5, 0.6) is 0 Å². The normalized spacial score (nSPS) is 13.0.